The number of nitrogens with zero attached hydrogens (tertiary/aromatic N) is 2. The molecule has 1 N–H and O–H groups in total. The number of carbonyl (C=O) groups is 1. The molecule has 120 valence electrons. The van der Waals surface area contributed by atoms with Crippen molar-refractivity contribution in [3.63, 3.8) is 0 Å². The van der Waals surface area contributed by atoms with Gasteiger partial charge in [0.05, 0.1) is 17.2 Å². The van der Waals surface area contributed by atoms with Crippen molar-refractivity contribution in [3.05, 3.63) is 65.2 Å². The number of nitrogens with one attached hydrogen (secondary N) is 1. The van der Waals surface area contributed by atoms with E-state index < -0.39 is 0 Å². The molecule has 0 spiro atoms. The van der Waals surface area contributed by atoms with Gasteiger partial charge in [-0.05, 0) is 42.7 Å². The van der Waals surface area contributed by atoms with E-state index in [9.17, 15) is 4.79 Å². The molecule has 1 fully saturated rings. The van der Waals surface area contributed by atoms with Crippen LogP contribution in [-0.4, -0.2) is 16.8 Å². The number of rotatable bonds is 2. The summed E-state index contributed by atoms with van der Waals surface area (Å²) in [5.41, 5.74) is 3.28. The van der Waals surface area contributed by atoms with Gasteiger partial charge in [0.25, 0.3) is 5.91 Å². The third kappa shape index (κ3) is 2.43. The van der Waals surface area contributed by atoms with Crippen LogP contribution in [0.2, 0.25) is 0 Å². The maximum atomic E-state index is 13.1. The Kier molecular flexibility index (Phi) is 3.70. The van der Waals surface area contributed by atoms with Gasteiger partial charge in [-0.2, -0.15) is 5.26 Å². The molecule has 4 rings (SSSR count). The zero-order chi connectivity index (χ0) is 16.5. The number of para-hydroxylation sites is 1. The highest BCUT2D eigenvalue weighted by Crippen LogP contribution is 2.38. The molecule has 0 aromatic heterocycles. The smallest absolute Gasteiger partial charge is 0.258 e. The fourth-order valence-electron chi connectivity index (χ4n) is 3.81. The number of nitriles is 1. The lowest BCUT2D eigenvalue weighted by Gasteiger charge is -2.41. The molecule has 2 aliphatic rings. The maximum Gasteiger partial charge on any atom is 0.258 e. The Labute approximate surface area is 141 Å². The quantitative estimate of drug-likeness (QED) is 0.908. The van der Waals surface area contributed by atoms with Gasteiger partial charge in [0.1, 0.15) is 6.17 Å². The Morgan fingerprint density at radius 2 is 1.75 bits per heavy atom. The van der Waals surface area contributed by atoms with Crippen molar-refractivity contribution < 1.29 is 4.79 Å². The lowest BCUT2D eigenvalue weighted by molar-refractivity contribution is 0.0585. The van der Waals surface area contributed by atoms with E-state index >= 15 is 0 Å². The Bertz CT molecular complexity index is 800. The molecule has 0 bridgehead atoms. The predicted octanol–water partition coefficient (Wildman–Crippen LogP) is 4.07. The van der Waals surface area contributed by atoms with E-state index in [1.54, 1.807) is 0 Å². The van der Waals surface area contributed by atoms with Crippen LogP contribution < -0.4 is 5.32 Å². The molecule has 0 saturated heterocycles. The van der Waals surface area contributed by atoms with Gasteiger partial charge >= 0.3 is 0 Å². The minimum absolute atomic E-state index is 0.102. The first-order chi connectivity index (χ1) is 11.8. The predicted molar refractivity (Wildman–Crippen MR) is 92.4 cm³/mol. The van der Waals surface area contributed by atoms with Gasteiger partial charge in [-0.15, -0.1) is 0 Å². The Balaban J connectivity index is 1.77. The Morgan fingerprint density at radius 3 is 2.46 bits per heavy atom. The van der Waals surface area contributed by atoms with Gasteiger partial charge in [-0.1, -0.05) is 37.1 Å². The number of anilines is 1. The van der Waals surface area contributed by atoms with Crippen molar-refractivity contribution in [2.75, 3.05) is 5.32 Å². The summed E-state index contributed by atoms with van der Waals surface area (Å²) in [6, 6.07) is 17.6. The second-order valence-electron chi connectivity index (χ2n) is 6.48. The van der Waals surface area contributed by atoms with E-state index in [0.717, 1.165) is 29.7 Å². The van der Waals surface area contributed by atoms with Crippen molar-refractivity contribution in [2.45, 2.75) is 37.9 Å². The van der Waals surface area contributed by atoms with Gasteiger partial charge < -0.3 is 10.2 Å². The van der Waals surface area contributed by atoms with E-state index in [1.807, 2.05) is 53.4 Å². The van der Waals surface area contributed by atoms with Crippen molar-refractivity contribution in [2.24, 2.45) is 0 Å². The number of carbonyl (C=O) groups excluding carboxylic acids is 1. The SMILES string of the molecule is N#Cc1ccc(C2Nc3ccccc3C(=O)N2C2CCCC2)cc1. The van der Waals surface area contributed by atoms with Crippen LogP contribution >= 0.6 is 0 Å². The van der Waals surface area contributed by atoms with Crippen molar-refractivity contribution in [1.82, 2.24) is 4.90 Å². The summed E-state index contributed by atoms with van der Waals surface area (Å²) in [6.45, 7) is 0. The van der Waals surface area contributed by atoms with E-state index in [4.69, 9.17) is 5.26 Å². The number of hydrogen-bond acceptors (Lipinski definition) is 3. The number of amides is 1. The highest BCUT2D eigenvalue weighted by atomic mass is 16.2. The molecule has 0 radical (unpaired) electrons. The maximum absolute atomic E-state index is 13.1. The average molecular weight is 317 g/mol. The molecule has 1 unspecified atom stereocenters. The number of hydrogen-bond donors (Lipinski definition) is 1. The van der Waals surface area contributed by atoms with Gasteiger partial charge in [-0.25, -0.2) is 0 Å². The molecule has 24 heavy (non-hydrogen) atoms. The molecule has 1 aliphatic carbocycles. The molecule has 1 heterocycles. The van der Waals surface area contributed by atoms with Gasteiger partial charge in [-0.3, -0.25) is 4.79 Å². The molecular formula is C20H19N3O. The first-order valence-electron chi connectivity index (χ1n) is 8.46. The fraction of sp³-hybridized carbons (Fsp3) is 0.300. The zero-order valence-electron chi connectivity index (χ0n) is 13.4. The molecule has 4 nitrogen and oxygen atoms in total. The fourth-order valence-corrected chi connectivity index (χ4v) is 3.81. The summed E-state index contributed by atoms with van der Waals surface area (Å²) >= 11 is 0. The topological polar surface area (TPSA) is 56.1 Å². The molecule has 2 aromatic rings. The molecule has 2 aromatic carbocycles. The summed E-state index contributed by atoms with van der Waals surface area (Å²) in [5.74, 6) is 0.102. The standard InChI is InChI=1S/C20H19N3O/c21-13-14-9-11-15(12-10-14)19-22-18-8-4-3-7-17(18)20(24)23(19)16-5-1-2-6-16/h3-4,7-12,16,19,22H,1-2,5-6H2. The summed E-state index contributed by atoms with van der Waals surface area (Å²) in [7, 11) is 0. The first-order valence-corrected chi connectivity index (χ1v) is 8.46. The number of fused-ring (bicyclic) bond motifs is 1. The van der Waals surface area contributed by atoms with Crippen LogP contribution in [-0.2, 0) is 0 Å². The van der Waals surface area contributed by atoms with E-state index in [2.05, 4.69) is 11.4 Å². The van der Waals surface area contributed by atoms with Gasteiger partial charge in [0.2, 0.25) is 0 Å². The summed E-state index contributed by atoms with van der Waals surface area (Å²) in [4.78, 5) is 15.2. The van der Waals surface area contributed by atoms with Gasteiger partial charge in [0.15, 0.2) is 0 Å². The highest BCUT2D eigenvalue weighted by Gasteiger charge is 2.38. The van der Waals surface area contributed by atoms with Crippen LogP contribution in [0.1, 0.15) is 53.3 Å². The van der Waals surface area contributed by atoms with Crippen molar-refractivity contribution in [3.8, 4) is 6.07 Å². The van der Waals surface area contributed by atoms with Crippen LogP contribution in [0, 0.1) is 11.3 Å². The molecule has 1 saturated carbocycles. The second-order valence-corrected chi connectivity index (χ2v) is 6.48. The minimum Gasteiger partial charge on any atom is -0.361 e. The lowest BCUT2D eigenvalue weighted by Crippen LogP contribution is -2.47. The van der Waals surface area contributed by atoms with Crippen molar-refractivity contribution in [1.29, 1.82) is 5.26 Å². The molecule has 1 amide bonds. The summed E-state index contributed by atoms with van der Waals surface area (Å²) in [5, 5.41) is 12.5. The highest BCUT2D eigenvalue weighted by molar-refractivity contribution is 6.01. The lowest BCUT2D eigenvalue weighted by atomic mass is 10.00. The second kappa shape index (κ2) is 6.01. The van der Waals surface area contributed by atoms with Gasteiger partial charge in [0, 0.05) is 11.7 Å². The Hall–Kier alpha value is -2.80. The van der Waals surface area contributed by atoms with Crippen LogP contribution in [0.4, 0.5) is 5.69 Å². The number of benzene rings is 2. The summed E-state index contributed by atoms with van der Waals surface area (Å²) in [6.07, 6.45) is 4.29. The zero-order valence-corrected chi connectivity index (χ0v) is 13.4. The monoisotopic (exact) mass is 317 g/mol. The van der Waals surface area contributed by atoms with Crippen LogP contribution in [0.5, 0.6) is 0 Å². The van der Waals surface area contributed by atoms with E-state index in [0.29, 0.717) is 5.56 Å². The van der Waals surface area contributed by atoms with Crippen molar-refractivity contribution >= 4 is 11.6 Å². The molecule has 4 heteroatoms. The van der Waals surface area contributed by atoms with Crippen LogP contribution in [0.25, 0.3) is 0 Å². The molecular weight excluding hydrogens is 298 g/mol. The third-order valence-corrected chi connectivity index (χ3v) is 5.04. The molecule has 1 atom stereocenters. The molecule has 1 aliphatic heterocycles. The van der Waals surface area contributed by atoms with E-state index in [1.165, 1.54) is 12.8 Å². The Morgan fingerprint density at radius 1 is 1.04 bits per heavy atom. The summed E-state index contributed by atoms with van der Waals surface area (Å²) < 4.78 is 0. The van der Waals surface area contributed by atoms with Crippen LogP contribution in [0.3, 0.4) is 0 Å². The first kappa shape index (κ1) is 14.8. The average Bonchev–Trinajstić information content (AvgIpc) is 3.16. The largest absolute Gasteiger partial charge is 0.361 e. The minimum atomic E-state index is -0.178. The van der Waals surface area contributed by atoms with Crippen LogP contribution in [0.15, 0.2) is 48.5 Å². The third-order valence-electron chi connectivity index (χ3n) is 5.04. The van der Waals surface area contributed by atoms with E-state index in [-0.39, 0.29) is 18.1 Å². The normalized spacial score (nSPS) is 20.4.